The van der Waals surface area contributed by atoms with Crippen molar-refractivity contribution < 1.29 is 18.0 Å². The summed E-state index contributed by atoms with van der Waals surface area (Å²) < 4.78 is 28.0. The van der Waals surface area contributed by atoms with Crippen LogP contribution in [0.4, 0.5) is 5.69 Å². The Hall–Kier alpha value is -3.20. The van der Waals surface area contributed by atoms with Crippen molar-refractivity contribution in [2.75, 3.05) is 5.32 Å². The molecule has 0 saturated heterocycles. The molecule has 0 radical (unpaired) electrons. The summed E-state index contributed by atoms with van der Waals surface area (Å²) in [5, 5.41) is 2.68. The van der Waals surface area contributed by atoms with Gasteiger partial charge in [-0.15, -0.1) is 0 Å². The molecule has 0 spiro atoms. The molecular formula is C19H18N4O4S. The van der Waals surface area contributed by atoms with Crippen LogP contribution in [-0.4, -0.2) is 40.1 Å². The lowest BCUT2D eigenvalue weighted by Gasteiger charge is -2.22. The van der Waals surface area contributed by atoms with Gasteiger partial charge in [0.2, 0.25) is 5.91 Å². The van der Waals surface area contributed by atoms with Gasteiger partial charge in [0.1, 0.15) is 10.9 Å². The van der Waals surface area contributed by atoms with Crippen molar-refractivity contribution in [3.63, 3.8) is 0 Å². The molecular weight excluding hydrogens is 380 g/mol. The number of hydrogen-bond acceptors (Lipinski definition) is 5. The summed E-state index contributed by atoms with van der Waals surface area (Å²) in [7, 11) is -4.06. The van der Waals surface area contributed by atoms with Crippen LogP contribution in [0.1, 0.15) is 24.2 Å². The molecule has 1 aliphatic heterocycles. The molecule has 144 valence electrons. The van der Waals surface area contributed by atoms with E-state index in [0.717, 1.165) is 12.1 Å². The third-order valence-corrected chi connectivity index (χ3v) is 6.73. The lowest BCUT2D eigenvalue weighted by atomic mass is 10.2. The SMILES string of the molecule is CCn1cnc2cc(NC(=O)[C@@H](C)N3C(=O)c4ccccc4S3(=O)=O)ccc21. The minimum atomic E-state index is -4.06. The highest BCUT2D eigenvalue weighted by molar-refractivity contribution is 7.90. The van der Waals surface area contributed by atoms with Crippen LogP contribution in [0, 0.1) is 0 Å². The Balaban J connectivity index is 1.60. The van der Waals surface area contributed by atoms with E-state index in [4.69, 9.17) is 0 Å². The predicted molar refractivity (Wildman–Crippen MR) is 103 cm³/mol. The Bertz CT molecular complexity index is 1220. The Morgan fingerprint density at radius 3 is 2.68 bits per heavy atom. The average molecular weight is 398 g/mol. The van der Waals surface area contributed by atoms with Gasteiger partial charge in [0.15, 0.2) is 0 Å². The van der Waals surface area contributed by atoms with Gasteiger partial charge in [-0.3, -0.25) is 9.59 Å². The number of rotatable bonds is 4. The zero-order chi connectivity index (χ0) is 20.1. The number of benzene rings is 2. The third kappa shape index (κ3) is 2.66. The van der Waals surface area contributed by atoms with E-state index >= 15 is 0 Å². The van der Waals surface area contributed by atoms with Crippen LogP contribution in [0.3, 0.4) is 0 Å². The normalized spacial score (nSPS) is 16.2. The van der Waals surface area contributed by atoms with Gasteiger partial charge in [0, 0.05) is 12.2 Å². The summed E-state index contributed by atoms with van der Waals surface area (Å²) in [6, 6.07) is 10.0. The standard InChI is InChI=1S/C19H18N4O4S/c1-3-22-11-20-15-10-13(8-9-16(15)22)21-18(24)12(2)23-19(25)14-6-4-5-7-17(14)28(23,26)27/h4-12H,3H2,1-2H3,(H,21,24)/t12-/m1/s1. The Kier molecular flexibility index (Phi) is 4.19. The second kappa shape index (κ2) is 6.45. The molecule has 3 aromatic rings. The number of nitrogens with zero attached hydrogens (tertiary/aromatic N) is 3. The van der Waals surface area contributed by atoms with Crippen LogP contribution in [0.5, 0.6) is 0 Å². The maximum absolute atomic E-state index is 12.7. The second-order valence-electron chi connectivity index (χ2n) is 6.50. The van der Waals surface area contributed by atoms with Crippen molar-refractivity contribution in [3.05, 3.63) is 54.4 Å². The summed E-state index contributed by atoms with van der Waals surface area (Å²) in [6.07, 6.45) is 1.71. The molecule has 4 rings (SSSR count). The summed E-state index contributed by atoms with van der Waals surface area (Å²) in [5.74, 6) is -1.30. The van der Waals surface area contributed by atoms with Gasteiger partial charge in [-0.05, 0) is 44.2 Å². The second-order valence-corrected chi connectivity index (χ2v) is 8.28. The molecule has 1 N–H and O–H groups in total. The summed E-state index contributed by atoms with van der Waals surface area (Å²) in [6.45, 7) is 4.17. The number of nitrogens with one attached hydrogen (secondary N) is 1. The highest BCUT2D eigenvalue weighted by atomic mass is 32.2. The van der Waals surface area contributed by atoms with E-state index in [1.54, 1.807) is 30.6 Å². The first-order valence-corrected chi connectivity index (χ1v) is 10.2. The van der Waals surface area contributed by atoms with Crippen LogP contribution < -0.4 is 5.32 Å². The number of aryl methyl sites for hydroxylation is 1. The number of sulfonamides is 1. The number of imidazole rings is 1. The fourth-order valence-corrected chi connectivity index (χ4v) is 5.06. The first kappa shape index (κ1) is 18.2. The van der Waals surface area contributed by atoms with Crippen molar-refractivity contribution in [1.82, 2.24) is 13.9 Å². The Morgan fingerprint density at radius 2 is 1.96 bits per heavy atom. The summed E-state index contributed by atoms with van der Waals surface area (Å²) >= 11 is 0. The molecule has 28 heavy (non-hydrogen) atoms. The fourth-order valence-electron chi connectivity index (χ4n) is 3.33. The van der Waals surface area contributed by atoms with Crippen molar-refractivity contribution in [3.8, 4) is 0 Å². The molecule has 2 aromatic carbocycles. The quantitative estimate of drug-likeness (QED) is 0.726. The highest BCUT2D eigenvalue weighted by Gasteiger charge is 2.45. The maximum Gasteiger partial charge on any atom is 0.269 e. The van der Waals surface area contributed by atoms with E-state index in [2.05, 4.69) is 10.3 Å². The van der Waals surface area contributed by atoms with Crippen molar-refractivity contribution in [2.24, 2.45) is 0 Å². The lowest BCUT2D eigenvalue weighted by molar-refractivity contribution is -0.118. The van der Waals surface area contributed by atoms with Crippen LogP contribution in [0.2, 0.25) is 0 Å². The molecule has 2 heterocycles. The van der Waals surface area contributed by atoms with E-state index in [-0.39, 0.29) is 10.5 Å². The summed E-state index contributed by atoms with van der Waals surface area (Å²) in [4.78, 5) is 29.5. The van der Waals surface area contributed by atoms with E-state index in [1.807, 2.05) is 17.6 Å². The van der Waals surface area contributed by atoms with Crippen LogP contribution in [0.25, 0.3) is 11.0 Å². The topological polar surface area (TPSA) is 101 Å². The first-order valence-electron chi connectivity index (χ1n) is 8.78. The minimum absolute atomic E-state index is 0.0775. The Labute approximate surface area is 161 Å². The predicted octanol–water partition coefficient (Wildman–Crippen LogP) is 2.23. The molecule has 0 fully saturated rings. The van der Waals surface area contributed by atoms with Crippen molar-refractivity contribution in [2.45, 2.75) is 31.3 Å². The molecule has 1 aliphatic rings. The first-order chi connectivity index (χ1) is 13.3. The molecule has 9 heteroatoms. The van der Waals surface area contributed by atoms with Gasteiger partial charge in [-0.25, -0.2) is 17.7 Å². The zero-order valence-corrected chi connectivity index (χ0v) is 16.1. The van der Waals surface area contributed by atoms with Gasteiger partial charge < -0.3 is 9.88 Å². The van der Waals surface area contributed by atoms with Gasteiger partial charge in [-0.2, -0.15) is 0 Å². The summed E-state index contributed by atoms with van der Waals surface area (Å²) in [5.41, 5.74) is 2.20. The smallest absolute Gasteiger partial charge is 0.269 e. The van der Waals surface area contributed by atoms with Gasteiger partial charge >= 0.3 is 0 Å². The van der Waals surface area contributed by atoms with Crippen LogP contribution in [-0.2, 0) is 21.4 Å². The number of carbonyl (C=O) groups is 2. The Morgan fingerprint density at radius 1 is 1.21 bits per heavy atom. The molecule has 1 atom stereocenters. The third-order valence-electron chi connectivity index (χ3n) is 4.81. The van der Waals surface area contributed by atoms with E-state index in [9.17, 15) is 18.0 Å². The molecule has 0 bridgehead atoms. The van der Waals surface area contributed by atoms with Gasteiger partial charge in [0.05, 0.1) is 22.9 Å². The molecule has 8 nitrogen and oxygen atoms in total. The lowest BCUT2D eigenvalue weighted by Crippen LogP contribution is -2.45. The number of hydrogen-bond donors (Lipinski definition) is 1. The molecule has 0 saturated carbocycles. The zero-order valence-electron chi connectivity index (χ0n) is 15.3. The largest absolute Gasteiger partial charge is 0.331 e. The van der Waals surface area contributed by atoms with Crippen LogP contribution in [0.15, 0.2) is 53.7 Å². The maximum atomic E-state index is 12.7. The van der Waals surface area contributed by atoms with E-state index in [0.29, 0.717) is 15.5 Å². The monoisotopic (exact) mass is 398 g/mol. The number of anilines is 1. The van der Waals surface area contributed by atoms with Gasteiger partial charge in [0.25, 0.3) is 15.9 Å². The minimum Gasteiger partial charge on any atom is -0.331 e. The number of carbonyl (C=O) groups excluding carboxylic acids is 2. The van der Waals surface area contributed by atoms with Crippen LogP contribution >= 0.6 is 0 Å². The van der Waals surface area contributed by atoms with E-state index < -0.39 is 27.9 Å². The molecule has 2 amide bonds. The van der Waals surface area contributed by atoms with Crippen molar-refractivity contribution in [1.29, 1.82) is 0 Å². The molecule has 0 unspecified atom stereocenters. The number of aromatic nitrogens is 2. The molecule has 0 aliphatic carbocycles. The highest BCUT2D eigenvalue weighted by Crippen LogP contribution is 2.32. The average Bonchev–Trinajstić information content (AvgIpc) is 3.17. The molecule has 1 aromatic heterocycles. The number of amides is 2. The number of fused-ring (bicyclic) bond motifs is 2. The van der Waals surface area contributed by atoms with E-state index in [1.165, 1.54) is 19.1 Å². The van der Waals surface area contributed by atoms with Crippen molar-refractivity contribution >= 4 is 38.6 Å². The fraction of sp³-hybridized carbons (Fsp3) is 0.211. The van der Waals surface area contributed by atoms with Gasteiger partial charge in [-0.1, -0.05) is 12.1 Å².